The minimum absolute atomic E-state index is 0.00575. The summed E-state index contributed by atoms with van der Waals surface area (Å²) in [6.45, 7) is 4.92. The number of ketones is 1. The molecule has 0 aliphatic heterocycles. The Morgan fingerprint density at radius 2 is 1.69 bits per heavy atom. The summed E-state index contributed by atoms with van der Waals surface area (Å²) in [7, 11) is 0. The van der Waals surface area contributed by atoms with Crippen LogP contribution in [0.5, 0.6) is 0 Å². The fourth-order valence-electron chi connectivity index (χ4n) is 2.51. The molecule has 5 nitrogen and oxygen atoms in total. The number of benzene rings is 2. The maximum atomic E-state index is 12.2. The average Bonchev–Trinajstić information content (AvgIpc) is 2.62. The van der Waals surface area contributed by atoms with E-state index in [1.165, 1.54) is 13.8 Å². The maximum absolute atomic E-state index is 12.2. The Labute approximate surface area is 153 Å². The number of nitrogens with one attached hydrogen (secondary N) is 1. The predicted octanol–water partition coefficient (Wildman–Crippen LogP) is 3.95. The Hall–Kier alpha value is -2.95. The van der Waals surface area contributed by atoms with Gasteiger partial charge in [0.15, 0.2) is 11.9 Å². The Morgan fingerprint density at radius 1 is 1.00 bits per heavy atom. The summed E-state index contributed by atoms with van der Waals surface area (Å²) in [5, 5.41) is 2.66. The number of anilines is 1. The predicted molar refractivity (Wildman–Crippen MR) is 100 cm³/mol. The van der Waals surface area contributed by atoms with Gasteiger partial charge in [0.2, 0.25) is 0 Å². The van der Waals surface area contributed by atoms with Crippen LogP contribution in [0.2, 0.25) is 0 Å². The van der Waals surface area contributed by atoms with E-state index in [1.54, 1.807) is 24.3 Å². The third kappa shape index (κ3) is 5.55. The maximum Gasteiger partial charge on any atom is 0.307 e. The normalized spacial score (nSPS) is 12.7. The molecule has 0 spiro atoms. The molecule has 0 unspecified atom stereocenters. The van der Waals surface area contributed by atoms with Gasteiger partial charge in [-0.15, -0.1) is 0 Å². The smallest absolute Gasteiger partial charge is 0.307 e. The number of carbonyl (C=O) groups is 3. The molecule has 2 rings (SSSR count). The van der Waals surface area contributed by atoms with Crippen molar-refractivity contribution in [2.75, 3.05) is 5.32 Å². The molecule has 0 radical (unpaired) electrons. The number of rotatable bonds is 7. The van der Waals surface area contributed by atoms with Crippen LogP contribution in [-0.2, 0) is 14.3 Å². The van der Waals surface area contributed by atoms with Crippen molar-refractivity contribution >= 4 is 23.3 Å². The molecule has 2 aromatic rings. The van der Waals surface area contributed by atoms with Crippen molar-refractivity contribution in [3.05, 3.63) is 65.7 Å². The topological polar surface area (TPSA) is 72.5 Å². The summed E-state index contributed by atoms with van der Waals surface area (Å²) >= 11 is 0. The Bertz CT molecular complexity index is 786. The van der Waals surface area contributed by atoms with Crippen molar-refractivity contribution in [2.45, 2.75) is 39.2 Å². The summed E-state index contributed by atoms with van der Waals surface area (Å²) in [6, 6.07) is 16.3. The van der Waals surface area contributed by atoms with Crippen LogP contribution in [0.4, 0.5) is 5.69 Å². The van der Waals surface area contributed by atoms with E-state index in [2.05, 4.69) is 5.32 Å². The Kier molecular flexibility index (Phi) is 6.67. The molecule has 136 valence electrons. The molecule has 0 aliphatic rings. The van der Waals surface area contributed by atoms with Gasteiger partial charge in [-0.2, -0.15) is 0 Å². The summed E-state index contributed by atoms with van der Waals surface area (Å²) in [4.78, 5) is 35.7. The first-order valence-corrected chi connectivity index (χ1v) is 8.53. The molecule has 0 fully saturated rings. The van der Waals surface area contributed by atoms with Gasteiger partial charge in [-0.3, -0.25) is 14.4 Å². The lowest BCUT2D eigenvalue weighted by Gasteiger charge is -2.16. The Morgan fingerprint density at radius 3 is 2.35 bits per heavy atom. The molecule has 2 atom stereocenters. The van der Waals surface area contributed by atoms with E-state index in [-0.39, 0.29) is 18.1 Å². The number of esters is 1. The van der Waals surface area contributed by atoms with Crippen molar-refractivity contribution in [3.8, 4) is 0 Å². The number of hydrogen-bond donors (Lipinski definition) is 1. The fourth-order valence-corrected chi connectivity index (χ4v) is 2.51. The van der Waals surface area contributed by atoms with Crippen LogP contribution in [0.15, 0.2) is 54.6 Å². The monoisotopic (exact) mass is 353 g/mol. The first-order chi connectivity index (χ1) is 12.4. The quantitative estimate of drug-likeness (QED) is 0.604. The van der Waals surface area contributed by atoms with Crippen molar-refractivity contribution in [1.29, 1.82) is 0 Å². The van der Waals surface area contributed by atoms with Gasteiger partial charge < -0.3 is 10.1 Å². The molecule has 0 saturated heterocycles. The van der Waals surface area contributed by atoms with E-state index in [1.807, 2.05) is 37.3 Å². The van der Waals surface area contributed by atoms with Gasteiger partial charge in [0.25, 0.3) is 5.91 Å². The minimum atomic E-state index is -0.925. The van der Waals surface area contributed by atoms with E-state index in [0.717, 1.165) is 5.56 Å². The lowest BCUT2D eigenvalue weighted by Crippen LogP contribution is -2.30. The second kappa shape index (κ2) is 8.94. The van der Waals surface area contributed by atoms with E-state index in [9.17, 15) is 14.4 Å². The van der Waals surface area contributed by atoms with Crippen LogP contribution in [0.25, 0.3) is 0 Å². The number of hydrogen-bond acceptors (Lipinski definition) is 4. The minimum Gasteiger partial charge on any atom is -0.453 e. The van der Waals surface area contributed by atoms with E-state index in [4.69, 9.17) is 4.74 Å². The summed E-state index contributed by atoms with van der Waals surface area (Å²) in [5.74, 6) is -0.949. The zero-order valence-electron chi connectivity index (χ0n) is 15.2. The first kappa shape index (κ1) is 19.4. The van der Waals surface area contributed by atoms with Crippen LogP contribution in [0.1, 0.15) is 49.0 Å². The van der Waals surface area contributed by atoms with E-state index >= 15 is 0 Å². The lowest BCUT2D eigenvalue weighted by atomic mass is 9.98. The van der Waals surface area contributed by atoms with Crippen molar-refractivity contribution in [1.82, 2.24) is 0 Å². The van der Waals surface area contributed by atoms with Gasteiger partial charge in [0.05, 0.1) is 6.42 Å². The lowest BCUT2D eigenvalue weighted by molar-refractivity contribution is -0.153. The van der Waals surface area contributed by atoms with Crippen molar-refractivity contribution in [3.63, 3.8) is 0 Å². The third-order valence-electron chi connectivity index (χ3n) is 4.06. The summed E-state index contributed by atoms with van der Waals surface area (Å²) in [6.07, 6.45) is -0.729. The number of Topliss-reactive ketones (excluding diaryl/α,β-unsaturated/α-hetero) is 1. The highest BCUT2D eigenvalue weighted by Gasteiger charge is 2.20. The highest BCUT2D eigenvalue weighted by Crippen LogP contribution is 2.19. The molecule has 0 heterocycles. The number of carbonyl (C=O) groups excluding carboxylic acids is 3. The first-order valence-electron chi connectivity index (χ1n) is 8.53. The Balaban J connectivity index is 1.89. The van der Waals surface area contributed by atoms with Crippen LogP contribution in [0, 0.1) is 0 Å². The van der Waals surface area contributed by atoms with Gasteiger partial charge >= 0.3 is 5.97 Å². The molecule has 26 heavy (non-hydrogen) atoms. The molecular weight excluding hydrogens is 330 g/mol. The molecule has 0 bridgehead atoms. The molecule has 0 saturated carbocycles. The molecule has 0 aromatic heterocycles. The fraction of sp³-hybridized carbons (Fsp3) is 0.286. The van der Waals surface area contributed by atoms with E-state index < -0.39 is 18.0 Å². The average molecular weight is 353 g/mol. The highest BCUT2D eigenvalue weighted by molar-refractivity contribution is 5.98. The second-order valence-corrected chi connectivity index (χ2v) is 6.27. The molecule has 2 aromatic carbocycles. The van der Waals surface area contributed by atoms with Crippen LogP contribution in [-0.4, -0.2) is 23.8 Å². The van der Waals surface area contributed by atoms with E-state index in [0.29, 0.717) is 11.3 Å². The number of ether oxygens (including phenoxy) is 1. The van der Waals surface area contributed by atoms with Crippen molar-refractivity contribution in [2.24, 2.45) is 0 Å². The van der Waals surface area contributed by atoms with Gasteiger partial charge in [0.1, 0.15) is 0 Å². The zero-order chi connectivity index (χ0) is 19.1. The van der Waals surface area contributed by atoms with Gasteiger partial charge in [-0.05, 0) is 37.5 Å². The molecule has 1 N–H and O–H groups in total. The zero-order valence-corrected chi connectivity index (χ0v) is 15.2. The highest BCUT2D eigenvalue weighted by atomic mass is 16.5. The summed E-state index contributed by atoms with van der Waals surface area (Å²) in [5.41, 5.74) is 2.04. The van der Waals surface area contributed by atoms with Crippen molar-refractivity contribution < 1.29 is 19.1 Å². The number of amides is 1. The second-order valence-electron chi connectivity index (χ2n) is 6.27. The van der Waals surface area contributed by atoms with Crippen LogP contribution < -0.4 is 5.32 Å². The summed E-state index contributed by atoms with van der Waals surface area (Å²) < 4.78 is 5.24. The van der Waals surface area contributed by atoms with Crippen LogP contribution >= 0.6 is 0 Å². The SMILES string of the molecule is CC(=O)c1cccc(NC(=O)[C@@H](C)OC(=O)C[C@@H](C)c2ccccc2)c1. The molecular formula is C21H23NO4. The standard InChI is InChI=1S/C21H23NO4/c1-14(17-8-5-4-6-9-17)12-20(24)26-16(3)21(25)22-19-11-7-10-18(13-19)15(2)23/h4-11,13-14,16H,12H2,1-3H3,(H,22,25)/t14-,16-/m1/s1. The van der Waals surface area contributed by atoms with Gasteiger partial charge in [-0.25, -0.2) is 0 Å². The molecule has 1 amide bonds. The molecule has 5 heteroatoms. The van der Waals surface area contributed by atoms with Crippen LogP contribution in [0.3, 0.4) is 0 Å². The third-order valence-corrected chi connectivity index (χ3v) is 4.06. The van der Waals surface area contributed by atoms with Gasteiger partial charge in [-0.1, -0.05) is 49.4 Å². The molecule has 0 aliphatic carbocycles. The largest absolute Gasteiger partial charge is 0.453 e. The van der Waals surface area contributed by atoms with Gasteiger partial charge in [0, 0.05) is 11.3 Å².